The molecule has 5 rings (SSSR count). The molecule has 1 aliphatic rings. The number of carbonyl (C=O) groups excluding carboxylic acids is 2. The molecule has 0 unspecified atom stereocenters. The van der Waals surface area contributed by atoms with Crippen LogP contribution in [0, 0.1) is 0 Å². The lowest BCUT2D eigenvalue weighted by Gasteiger charge is -2.23. The lowest BCUT2D eigenvalue weighted by Crippen LogP contribution is -2.43. The van der Waals surface area contributed by atoms with Gasteiger partial charge in [0.1, 0.15) is 23.8 Å². The minimum atomic E-state index is -0.820. The largest absolute Gasteiger partial charge is 0.456 e. The van der Waals surface area contributed by atoms with E-state index in [-0.39, 0.29) is 25.5 Å². The normalized spacial score (nSPS) is 18.2. The van der Waals surface area contributed by atoms with Gasteiger partial charge >= 0.3 is 6.09 Å². The summed E-state index contributed by atoms with van der Waals surface area (Å²) < 4.78 is 11.2. The number of ether oxygens (including phenoxy) is 1. The Morgan fingerprint density at radius 1 is 1.00 bits per heavy atom. The Morgan fingerprint density at radius 2 is 1.75 bits per heavy atom. The average molecular weight is 430 g/mol. The van der Waals surface area contributed by atoms with E-state index in [0.717, 1.165) is 21.9 Å². The average Bonchev–Trinajstić information content (AvgIpc) is 3.38. The number of aliphatic hydroxyl groups is 1. The van der Waals surface area contributed by atoms with Crippen molar-refractivity contribution >= 4 is 39.6 Å². The molecule has 1 aromatic heterocycles. The Balaban J connectivity index is 1.30. The van der Waals surface area contributed by atoms with Crippen LogP contribution in [0.25, 0.3) is 21.9 Å². The third-order valence-corrected chi connectivity index (χ3v) is 5.67. The fraction of sp³-hybridized carbons (Fsp3) is 0.200. The van der Waals surface area contributed by atoms with Crippen molar-refractivity contribution in [1.82, 2.24) is 4.90 Å². The summed E-state index contributed by atoms with van der Waals surface area (Å²) in [4.78, 5) is 26.8. The third-order valence-electron chi connectivity index (χ3n) is 5.67. The number of amides is 2. The molecule has 32 heavy (non-hydrogen) atoms. The highest BCUT2D eigenvalue weighted by Crippen LogP contribution is 2.30. The number of benzene rings is 3. The summed E-state index contributed by atoms with van der Waals surface area (Å²) in [6.07, 6.45) is -1.26. The van der Waals surface area contributed by atoms with E-state index in [1.54, 1.807) is 12.1 Å². The van der Waals surface area contributed by atoms with E-state index >= 15 is 0 Å². The lowest BCUT2D eigenvalue weighted by atomic mass is 10.1. The van der Waals surface area contributed by atoms with Gasteiger partial charge < -0.3 is 19.6 Å². The van der Waals surface area contributed by atoms with E-state index in [2.05, 4.69) is 5.32 Å². The zero-order valence-electron chi connectivity index (χ0n) is 17.2. The highest BCUT2D eigenvalue weighted by atomic mass is 16.6. The molecular weight excluding hydrogens is 408 g/mol. The first-order valence-corrected chi connectivity index (χ1v) is 10.5. The van der Waals surface area contributed by atoms with Gasteiger partial charge in [-0.15, -0.1) is 0 Å². The first kappa shape index (κ1) is 20.1. The molecule has 2 amide bonds. The maximum atomic E-state index is 13.0. The van der Waals surface area contributed by atoms with Gasteiger partial charge in [0, 0.05) is 28.9 Å². The van der Waals surface area contributed by atoms with Crippen LogP contribution in [0.4, 0.5) is 10.5 Å². The Morgan fingerprint density at radius 3 is 2.59 bits per heavy atom. The summed E-state index contributed by atoms with van der Waals surface area (Å²) >= 11 is 0. The number of nitrogens with zero attached hydrogens (tertiary/aromatic N) is 1. The number of furan rings is 1. The number of aliphatic hydroxyl groups excluding tert-OH is 1. The second-order valence-electron chi connectivity index (χ2n) is 7.90. The van der Waals surface area contributed by atoms with Crippen LogP contribution < -0.4 is 5.32 Å². The molecule has 0 radical (unpaired) electrons. The van der Waals surface area contributed by atoms with E-state index in [1.807, 2.05) is 60.7 Å². The fourth-order valence-corrected chi connectivity index (χ4v) is 4.10. The minimum absolute atomic E-state index is 0.0499. The molecule has 4 aromatic rings. The van der Waals surface area contributed by atoms with Crippen molar-refractivity contribution in [2.24, 2.45) is 0 Å². The molecule has 0 aliphatic carbocycles. The zero-order valence-corrected chi connectivity index (χ0v) is 17.2. The molecule has 3 aromatic carbocycles. The number of β-amino-alcohol motifs (C(OH)–C–C–N with tert-alkyl or cyclic N) is 1. The number of para-hydroxylation sites is 1. The molecule has 1 saturated heterocycles. The number of likely N-dealkylation sites (tertiary alicyclic amines) is 1. The number of fused-ring (bicyclic) bond motifs is 3. The molecule has 0 spiro atoms. The van der Waals surface area contributed by atoms with Gasteiger partial charge in [-0.1, -0.05) is 48.5 Å². The molecule has 2 atom stereocenters. The summed E-state index contributed by atoms with van der Waals surface area (Å²) in [5, 5.41) is 14.9. The molecule has 7 heteroatoms. The summed E-state index contributed by atoms with van der Waals surface area (Å²) in [5.41, 5.74) is 2.84. The quantitative estimate of drug-likeness (QED) is 0.504. The molecule has 0 saturated carbocycles. The molecule has 1 fully saturated rings. The van der Waals surface area contributed by atoms with Gasteiger partial charge in [-0.05, 0) is 23.8 Å². The monoisotopic (exact) mass is 430 g/mol. The van der Waals surface area contributed by atoms with E-state index < -0.39 is 18.2 Å². The molecule has 2 heterocycles. The van der Waals surface area contributed by atoms with Crippen molar-refractivity contribution in [3.63, 3.8) is 0 Å². The highest BCUT2D eigenvalue weighted by molar-refractivity contribution is 6.06. The SMILES string of the molecule is O=C(Nc1ccc2c(c1)oc1ccccc12)[C@@H]1C[C@H](O)CN1C(=O)OCc1ccccc1. The van der Waals surface area contributed by atoms with Crippen molar-refractivity contribution in [3.05, 3.63) is 78.4 Å². The summed E-state index contributed by atoms with van der Waals surface area (Å²) in [7, 11) is 0. The Hall–Kier alpha value is -3.84. The number of rotatable bonds is 4. The number of nitrogens with one attached hydrogen (secondary N) is 1. The van der Waals surface area contributed by atoms with Crippen LogP contribution in [0.2, 0.25) is 0 Å². The predicted molar refractivity (Wildman–Crippen MR) is 120 cm³/mol. The van der Waals surface area contributed by atoms with Gasteiger partial charge in [-0.2, -0.15) is 0 Å². The second-order valence-corrected chi connectivity index (χ2v) is 7.90. The van der Waals surface area contributed by atoms with E-state index in [1.165, 1.54) is 4.90 Å². The maximum absolute atomic E-state index is 13.0. The van der Waals surface area contributed by atoms with Gasteiger partial charge in [0.05, 0.1) is 12.6 Å². The number of carbonyl (C=O) groups is 2. The first-order chi connectivity index (χ1) is 15.6. The molecule has 1 aliphatic heterocycles. The second kappa shape index (κ2) is 8.36. The van der Waals surface area contributed by atoms with E-state index in [4.69, 9.17) is 9.15 Å². The van der Waals surface area contributed by atoms with E-state index in [0.29, 0.717) is 11.3 Å². The van der Waals surface area contributed by atoms with Gasteiger partial charge in [0.2, 0.25) is 5.91 Å². The van der Waals surface area contributed by atoms with Crippen molar-refractivity contribution in [2.45, 2.75) is 25.2 Å². The van der Waals surface area contributed by atoms with Crippen LogP contribution in [0.5, 0.6) is 0 Å². The van der Waals surface area contributed by atoms with Crippen LogP contribution in [-0.2, 0) is 16.1 Å². The highest BCUT2D eigenvalue weighted by Gasteiger charge is 2.40. The Bertz CT molecular complexity index is 1280. The van der Waals surface area contributed by atoms with Gasteiger partial charge in [-0.3, -0.25) is 9.69 Å². The van der Waals surface area contributed by atoms with Gasteiger partial charge in [0.25, 0.3) is 0 Å². The van der Waals surface area contributed by atoms with Gasteiger partial charge in [-0.25, -0.2) is 4.79 Å². The van der Waals surface area contributed by atoms with Crippen molar-refractivity contribution in [2.75, 3.05) is 11.9 Å². The van der Waals surface area contributed by atoms with Gasteiger partial charge in [0.15, 0.2) is 0 Å². The number of hydrogen-bond acceptors (Lipinski definition) is 5. The topological polar surface area (TPSA) is 92.0 Å². The van der Waals surface area contributed by atoms with E-state index in [9.17, 15) is 14.7 Å². The lowest BCUT2D eigenvalue weighted by molar-refractivity contribution is -0.120. The van der Waals surface area contributed by atoms with Crippen molar-refractivity contribution in [1.29, 1.82) is 0 Å². The molecule has 2 N–H and O–H groups in total. The van der Waals surface area contributed by atoms with Crippen LogP contribution >= 0.6 is 0 Å². The van der Waals surface area contributed by atoms with Crippen LogP contribution in [0.3, 0.4) is 0 Å². The summed E-state index contributed by atoms with van der Waals surface area (Å²) in [5.74, 6) is -0.381. The zero-order chi connectivity index (χ0) is 22.1. The standard InChI is InChI=1S/C25H22N2O5/c28-18-13-21(27(14-18)25(30)31-15-16-6-2-1-3-7-16)24(29)26-17-10-11-20-19-8-4-5-9-22(19)32-23(20)12-17/h1-12,18,21,28H,13-15H2,(H,26,29)/t18-,21-/m0/s1. The summed E-state index contributed by atoms with van der Waals surface area (Å²) in [6.45, 7) is 0.150. The molecular formula is C25H22N2O5. The molecule has 7 nitrogen and oxygen atoms in total. The smallest absolute Gasteiger partial charge is 0.410 e. The summed E-state index contributed by atoms with van der Waals surface area (Å²) in [6, 6.07) is 21.7. The number of hydrogen-bond donors (Lipinski definition) is 2. The fourth-order valence-electron chi connectivity index (χ4n) is 4.10. The molecule has 0 bridgehead atoms. The van der Waals surface area contributed by atoms with Crippen LogP contribution in [-0.4, -0.2) is 40.7 Å². The Kier molecular flexibility index (Phi) is 5.25. The Labute approximate surface area is 184 Å². The van der Waals surface area contributed by atoms with Crippen LogP contribution in [0.1, 0.15) is 12.0 Å². The molecule has 162 valence electrons. The van der Waals surface area contributed by atoms with Crippen LogP contribution in [0.15, 0.2) is 77.2 Å². The first-order valence-electron chi connectivity index (χ1n) is 10.5. The maximum Gasteiger partial charge on any atom is 0.410 e. The van der Waals surface area contributed by atoms with Crippen molar-refractivity contribution in [3.8, 4) is 0 Å². The minimum Gasteiger partial charge on any atom is -0.456 e. The predicted octanol–water partition coefficient (Wildman–Crippen LogP) is 4.30. The van der Waals surface area contributed by atoms with Crippen molar-refractivity contribution < 1.29 is 23.8 Å². The third kappa shape index (κ3) is 3.90. The number of anilines is 1.